The molecule has 2 aliphatic heterocycles. The lowest BCUT2D eigenvalue weighted by Crippen LogP contribution is -2.58. The maximum Gasteiger partial charge on any atom is 0.258 e. The zero-order chi connectivity index (χ0) is 21.7. The molecule has 1 N–H and O–H groups in total. The van der Waals surface area contributed by atoms with Crippen LogP contribution in [-0.4, -0.2) is 86.4 Å². The summed E-state index contributed by atoms with van der Waals surface area (Å²) < 4.78 is 28.9. The van der Waals surface area contributed by atoms with Crippen LogP contribution in [0.15, 0.2) is 30.3 Å². The van der Waals surface area contributed by atoms with E-state index in [1.165, 1.54) is 0 Å². The molecule has 0 aromatic heterocycles. The highest BCUT2D eigenvalue weighted by atomic mass is 32.2. The van der Waals surface area contributed by atoms with Gasteiger partial charge in [-0.15, -0.1) is 0 Å². The number of para-hydroxylation sites is 1. The molecule has 2 saturated heterocycles. The van der Waals surface area contributed by atoms with Crippen LogP contribution in [0.5, 0.6) is 5.75 Å². The third kappa shape index (κ3) is 5.95. The number of carbonyl (C=O) groups is 2. The fraction of sp³-hybridized carbons (Fsp3) is 0.619. The predicted octanol–water partition coefficient (Wildman–Crippen LogP) is 0.538. The lowest BCUT2D eigenvalue weighted by Gasteiger charge is -2.39. The van der Waals surface area contributed by atoms with Crippen molar-refractivity contribution in [3.05, 3.63) is 30.3 Å². The Morgan fingerprint density at radius 2 is 1.80 bits per heavy atom. The molecule has 30 heavy (non-hydrogen) atoms. The van der Waals surface area contributed by atoms with Crippen LogP contribution in [0.1, 0.15) is 20.3 Å². The molecule has 1 unspecified atom stereocenters. The summed E-state index contributed by atoms with van der Waals surface area (Å²) in [5, 5.41) is 2.81. The number of piperazine rings is 1. The highest BCUT2D eigenvalue weighted by Gasteiger charge is 2.36. The van der Waals surface area contributed by atoms with E-state index >= 15 is 0 Å². The molecule has 0 aliphatic carbocycles. The van der Waals surface area contributed by atoms with E-state index in [2.05, 4.69) is 10.2 Å². The number of nitrogens with one attached hydrogen (secondary N) is 1. The molecule has 0 saturated carbocycles. The van der Waals surface area contributed by atoms with Gasteiger partial charge in [-0.05, 0) is 24.5 Å². The monoisotopic (exact) mass is 437 g/mol. The van der Waals surface area contributed by atoms with Crippen molar-refractivity contribution >= 4 is 21.7 Å². The van der Waals surface area contributed by atoms with Gasteiger partial charge in [-0.1, -0.05) is 32.0 Å². The highest BCUT2D eigenvalue weighted by Crippen LogP contribution is 2.20. The second kappa shape index (κ2) is 9.78. The number of carbonyl (C=O) groups excluding carboxylic acids is 2. The first-order valence-corrected chi connectivity index (χ1v) is 12.3. The van der Waals surface area contributed by atoms with Gasteiger partial charge in [0.1, 0.15) is 11.8 Å². The van der Waals surface area contributed by atoms with Crippen molar-refractivity contribution in [1.29, 1.82) is 0 Å². The third-order valence-corrected chi connectivity index (χ3v) is 7.46. The number of rotatable bonds is 7. The zero-order valence-electron chi connectivity index (χ0n) is 17.6. The van der Waals surface area contributed by atoms with Gasteiger partial charge in [-0.3, -0.25) is 14.5 Å². The fourth-order valence-electron chi connectivity index (χ4n) is 3.96. The number of sulfone groups is 1. The third-order valence-electron chi connectivity index (χ3n) is 5.71. The molecule has 0 bridgehead atoms. The molecule has 0 spiro atoms. The summed E-state index contributed by atoms with van der Waals surface area (Å²) in [6, 6.07) is 8.51. The van der Waals surface area contributed by atoms with Crippen LogP contribution in [0.3, 0.4) is 0 Å². The lowest BCUT2D eigenvalue weighted by atomic mass is 10.0. The summed E-state index contributed by atoms with van der Waals surface area (Å²) in [4.78, 5) is 29.3. The van der Waals surface area contributed by atoms with Crippen molar-refractivity contribution in [2.45, 2.75) is 32.4 Å². The Labute approximate surface area is 178 Å². The minimum atomic E-state index is -2.92. The van der Waals surface area contributed by atoms with Crippen LogP contribution in [0, 0.1) is 5.92 Å². The second-order valence-electron chi connectivity index (χ2n) is 8.31. The summed E-state index contributed by atoms with van der Waals surface area (Å²) in [6.45, 7) is 6.04. The van der Waals surface area contributed by atoms with Crippen molar-refractivity contribution in [3.8, 4) is 5.75 Å². The van der Waals surface area contributed by atoms with Gasteiger partial charge in [-0.2, -0.15) is 0 Å². The second-order valence-corrected chi connectivity index (χ2v) is 10.5. The molecular weight excluding hydrogens is 406 g/mol. The van der Waals surface area contributed by atoms with Crippen molar-refractivity contribution in [3.63, 3.8) is 0 Å². The molecule has 8 nitrogen and oxygen atoms in total. The fourth-order valence-corrected chi connectivity index (χ4v) is 5.72. The van der Waals surface area contributed by atoms with Gasteiger partial charge in [0, 0.05) is 32.2 Å². The minimum absolute atomic E-state index is 0.0583. The maximum absolute atomic E-state index is 13.0. The van der Waals surface area contributed by atoms with Gasteiger partial charge < -0.3 is 15.0 Å². The summed E-state index contributed by atoms with van der Waals surface area (Å²) in [7, 11) is -2.92. The normalized spacial score (nSPS) is 22.6. The Morgan fingerprint density at radius 3 is 2.37 bits per heavy atom. The summed E-state index contributed by atoms with van der Waals surface area (Å²) >= 11 is 0. The van der Waals surface area contributed by atoms with Gasteiger partial charge in [-0.25, -0.2) is 8.42 Å². The van der Waals surface area contributed by atoms with Gasteiger partial charge in [0.15, 0.2) is 16.4 Å². The van der Waals surface area contributed by atoms with E-state index in [0.29, 0.717) is 38.3 Å². The molecule has 1 aromatic rings. The van der Waals surface area contributed by atoms with E-state index in [-0.39, 0.29) is 41.9 Å². The Hall–Kier alpha value is -2.13. The molecule has 3 rings (SSSR count). The average molecular weight is 438 g/mol. The van der Waals surface area contributed by atoms with E-state index in [0.717, 1.165) is 0 Å². The van der Waals surface area contributed by atoms with Crippen molar-refractivity contribution < 1.29 is 22.7 Å². The van der Waals surface area contributed by atoms with Crippen LogP contribution in [0.2, 0.25) is 0 Å². The number of hydrogen-bond donors (Lipinski definition) is 1. The molecule has 166 valence electrons. The lowest BCUT2D eigenvalue weighted by molar-refractivity contribution is -0.139. The summed E-state index contributed by atoms with van der Waals surface area (Å²) in [5.74, 6) is 0.579. The van der Waals surface area contributed by atoms with Crippen LogP contribution in [0.4, 0.5) is 0 Å². The molecule has 9 heteroatoms. The topological polar surface area (TPSA) is 96.0 Å². The zero-order valence-corrected chi connectivity index (χ0v) is 18.4. The standard InChI is InChI=1S/C21H31N3O5S/c1-16(2)20(22-19(25)14-29-18-6-4-3-5-7-18)21(26)24-11-9-23(10-12-24)17-8-13-30(27,28)15-17/h3-7,16-17,20H,8-15H2,1-2H3,(H,22,25)/t17?,20-/m0/s1. The molecule has 2 amide bonds. The van der Waals surface area contributed by atoms with E-state index in [9.17, 15) is 18.0 Å². The molecule has 2 aliphatic rings. The first kappa shape index (κ1) is 22.6. The van der Waals surface area contributed by atoms with E-state index in [1.54, 1.807) is 17.0 Å². The maximum atomic E-state index is 13.0. The van der Waals surface area contributed by atoms with Crippen LogP contribution >= 0.6 is 0 Å². The molecule has 2 atom stereocenters. The van der Waals surface area contributed by atoms with Crippen LogP contribution < -0.4 is 10.1 Å². The predicted molar refractivity (Wildman–Crippen MR) is 114 cm³/mol. The Bertz CT molecular complexity index is 835. The Morgan fingerprint density at radius 1 is 1.13 bits per heavy atom. The minimum Gasteiger partial charge on any atom is -0.484 e. The molecule has 2 heterocycles. The Kier molecular flexibility index (Phi) is 7.36. The van der Waals surface area contributed by atoms with E-state index in [4.69, 9.17) is 4.74 Å². The van der Waals surface area contributed by atoms with Crippen LogP contribution in [-0.2, 0) is 19.4 Å². The smallest absolute Gasteiger partial charge is 0.258 e. The van der Waals surface area contributed by atoms with Crippen LogP contribution in [0.25, 0.3) is 0 Å². The first-order valence-electron chi connectivity index (χ1n) is 10.5. The largest absolute Gasteiger partial charge is 0.484 e. The molecule has 2 fully saturated rings. The highest BCUT2D eigenvalue weighted by molar-refractivity contribution is 7.91. The molecule has 1 aromatic carbocycles. The number of ether oxygens (including phenoxy) is 1. The summed E-state index contributed by atoms with van der Waals surface area (Å²) in [5.41, 5.74) is 0. The van der Waals surface area contributed by atoms with Crippen molar-refractivity contribution in [2.75, 3.05) is 44.3 Å². The number of amides is 2. The van der Waals surface area contributed by atoms with E-state index in [1.807, 2.05) is 32.0 Å². The van der Waals surface area contributed by atoms with Crippen molar-refractivity contribution in [1.82, 2.24) is 15.1 Å². The number of hydrogen-bond acceptors (Lipinski definition) is 6. The van der Waals surface area contributed by atoms with E-state index < -0.39 is 15.9 Å². The quantitative estimate of drug-likeness (QED) is 0.669. The SMILES string of the molecule is CC(C)[C@H](NC(=O)COc1ccccc1)C(=O)N1CCN(C2CCS(=O)(=O)C2)CC1. The Balaban J connectivity index is 1.50. The average Bonchev–Trinajstić information content (AvgIpc) is 3.10. The van der Waals surface area contributed by atoms with Gasteiger partial charge in [0.25, 0.3) is 5.91 Å². The van der Waals surface area contributed by atoms with Gasteiger partial charge in [0.05, 0.1) is 11.5 Å². The molecule has 0 radical (unpaired) electrons. The number of benzene rings is 1. The molecular formula is C21H31N3O5S. The van der Waals surface area contributed by atoms with Gasteiger partial charge >= 0.3 is 0 Å². The number of nitrogens with zero attached hydrogens (tertiary/aromatic N) is 2. The van der Waals surface area contributed by atoms with Gasteiger partial charge in [0.2, 0.25) is 5.91 Å². The first-order chi connectivity index (χ1) is 14.2. The van der Waals surface area contributed by atoms with Crippen molar-refractivity contribution in [2.24, 2.45) is 5.92 Å². The summed E-state index contributed by atoms with van der Waals surface area (Å²) in [6.07, 6.45) is 0.669.